The van der Waals surface area contributed by atoms with Crippen LogP contribution < -0.4 is 15.4 Å². The van der Waals surface area contributed by atoms with Crippen LogP contribution in [0.5, 0.6) is 5.75 Å². The van der Waals surface area contributed by atoms with E-state index in [2.05, 4.69) is 36.3 Å². The molecule has 0 amide bonds. The minimum atomic E-state index is -4.77. The Kier molecular flexibility index (Phi) is 6.14. The Balaban J connectivity index is 1.13. The lowest BCUT2D eigenvalue weighted by Gasteiger charge is -2.63. The number of likely N-dealkylation sites (tertiary alicyclic amines) is 1. The number of alkyl halides is 3. The third kappa shape index (κ3) is 4.93. The van der Waals surface area contributed by atoms with Crippen LogP contribution in [0.3, 0.4) is 0 Å². The van der Waals surface area contributed by atoms with E-state index in [1.54, 1.807) is 12.1 Å². The molecule has 1 saturated heterocycles. The van der Waals surface area contributed by atoms with E-state index in [4.69, 9.17) is 0 Å². The molecule has 2 N–H and O–H groups in total. The summed E-state index contributed by atoms with van der Waals surface area (Å²) in [5.41, 5.74) is 0.916. The van der Waals surface area contributed by atoms with Crippen molar-refractivity contribution >= 4 is 11.8 Å². The number of anilines is 2. The maximum atomic E-state index is 12.7. The maximum Gasteiger partial charge on any atom is 0.573 e. The molecule has 1 aromatic heterocycles. The molecule has 5 atom stereocenters. The van der Waals surface area contributed by atoms with Crippen LogP contribution >= 0.6 is 0 Å². The van der Waals surface area contributed by atoms with Crippen molar-refractivity contribution in [3.63, 3.8) is 0 Å². The summed E-state index contributed by atoms with van der Waals surface area (Å²) in [7, 11) is 0. The summed E-state index contributed by atoms with van der Waals surface area (Å²) in [5.74, 6) is 2.78. The predicted octanol–water partition coefficient (Wildman–Crippen LogP) is 5.17. The standard InChI is InChI=1S/C27H31F3N6O/c28-27(29,30)37-22-5-2-1-4-18(22)14-32-25-33-15-21(13-31)24(35-25)34-16-26-10-17-8-19(11-26)23(20(9-17)12-26)36-6-3-7-36/h1-2,4-5,15,17,19-20,23H,3,6-12,14,16H2,(H2,32,33,34,35)/t17?,19-,20+,23+,26?. The van der Waals surface area contributed by atoms with Gasteiger partial charge < -0.3 is 15.4 Å². The van der Waals surface area contributed by atoms with Gasteiger partial charge >= 0.3 is 6.36 Å². The molecule has 196 valence electrons. The highest BCUT2D eigenvalue weighted by Crippen LogP contribution is 2.61. The quantitative estimate of drug-likeness (QED) is 0.505. The van der Waals surface area contributed by atoms with Crippen molar-refractivity contribution in [2.45, 2.75) is 57.5 Å². The van der Waals surface area contributed by atoms with E-state index < -0.39 is 6.36 Å². The smallest absolute Gasteiger partial charge is 0.405 e. The summed E-state index contributed by atoms with van der Waals surface area (Å²) >= 11 is 0. The molecule has 4 saturated carbocycles. The fourth-order valence-corrected chi connectivity index (χ4v) is 7.62. The van der Waals surface area contributed by atoms with Gasteiger partial charge in [-0.25, -0.2) is 4.98 Å². The Morgan fingerprint density at radius 1 is 1.11 bits per heavy atom. The number of rotatable bonds is 8. The summed E-state index contributed by atoms with van der Waals surface area (Å²) in [6, 6.07) is 8.87. The molecule has 7 nitrogen and oxygen atoms in total. The first-order valence-corrected chi connectivity index (χ1v) is 13.1. The zero-order valence-electron chi connectivity index (χ0n) is 20.6. The molecule has 1 aliphatic heterocycles. The third-order valence-corrected chi connectivity index (χ3v) is 8.84. The van der Waals surface area contributed by atoms with Crippen LogP contribution in [0.4, 0.5) is 24.9 Å². The molecule has 2 unspecified atom stereocenters. The van der Waals surface area contributed by atoms with Crippen LogP contribution in [0.15, 0.2) is 30.5 Å². The minimum Gasteiger partial charge on any atom is -0.405 e. The van der Waals surface area contributed by atoms with Crippen molar-refractivity contribution in [2.24, 2.45) is 23.2 Å². The second kappa shape index (κ2) is 9.35. The van der Waals surface area contributed by atoms with E-state index in [0.717, 1.165) is 30.3 Å². The molecule has 4 aliphatic carbocycles. The van der Waals surface area contributed by atoms with Crippen LogP contribution in [-0.2, 0) is 6.54 Å². The molecule has 2 heterocycles. The van der Waals surface area contributed by atoms with Crippen LogP contribution in [-0.4, -0.2) is 46.9 Å². The molecule has 0 spiro atoms. The van der Waals surface area contributed by atoms with Crippen molar-refractivity contribution in [3.8, 4) is 11.8 Å². The molecule has 5 fully saturated rings. The van der Waals surface area contributed by atoms with Crippen molar-refractivity contribution in [1.29, 1.82) is 5.26 Å². The van der Waals surface area contributed by atoms with Gasteiger partial charge in [-0.2, -0.15) is 10.2 Å². The van der Waals surface area contributed by atoms with Gasteiger partial charge in [0.2, 0.25) is 5.95 Å². The molecule has 7 rings (SSSR count). The van der Waals surface area contributed by atoms with Crippen molar-refractivity contribution in [3.05, 3.63) is 41.6 Å². The number of nitrogens with zero attached hydrogens (tertiary/aromatic N) is 4. The number of halogens is 3. The van der Waals surface area contributed by atoms with Crippen LogP contribution in [0, 0.1) is 34.5 Å². The minimum absolute atomic E-state index is 0.0461. The zero-order chi connectivity index (χ0) is 25.6. The average molecular weight is 513 g/mol. The molecular formula is C27H31F3N6O. The number of aromatic nitrogens is 2. The molecule has 0 radical (unpaired) electrons. The van der Waals surface area contributed by atoms with Gasteiger partial charge in [-0.1, -0.05) is 18.2 Å². The fraction of sp³-hybridized carbons (Fsp3) is 0.593. The second-order valence-electron chi connectivity index (χ2n) is 11.3. The lowest BCUT2D eigenvalue weighted by atomic mass is 9.47. The number of hydrogen-bond donors (Lipinski definition) is 2. The fourth-order valence-electron chi connectivity index (χ4n) is 7.62. The Bertz CT molecular complexity index is 1180. The molecule has 1 aromatic carbocycles. The largest absolute Gasteiger partial charge is 0.573 e. The topological polar surface area (TPSA) is 86.1 Å². The van der Waals surface area contributed by atoms with Crippen molar-refractivity contribution < 1.29 is 17.9 Å². The summed E-state index contributed by atoms with van der Waals surface area (Å²) in [5, 5.41) is 16.1. The number of nitriles is 1. The number of nitrogens with one attached hydrogen (secondary N) is 2. The summed E-state index contributed by atoms with van der Waals surface area (Å²) < 4.78 is 42.4. The maximum absolute atomic E-state index is 12.7. The van der Waals surface area contributed by atoms with E-state index in [0.29, 0.717) is 16.9 Å². The Morgan fingerprint density at radius 3 is 2.54 bits per heavy atom. The number of benzene rings is 1. The zero-order valence-corrected chi connectivity index (χ0v) is 20.6. The Labute approximate surface area is 214 Å². The van der Waals surface area contributed by atoms with Gasteiger partial charge in [0.05, 0.1) is 6.20 Å². The summed E-state index contributed by atoms with van der Waals surface area (Å²) in [4.78, 5) is 11.4. The monoisotopic (exact) mass is 512 g/mol. The van der Waals surface area contributed by atoms with Gasteiger partial charge in [0.15, 0.2) is 0 Å². The van der Waals surface area contributed by atoms with E-state index in [9.17, 15) is 18.4 Å². The van der Waals surface area contributed by atoms with Crippen molar-refractivity contribution in [2.75, 3.05) is 30.3 Å². The number of ether oxygens (including phenoxy) is 1. The lowest BCUT2D eigenvalue weighted by molar-refractivity contribution is -0.274. The molecule has 10 heteroatoms. The number of hydrogen-bond acceptors (Lipinski definition) is 7. The SMILES string of the molecule is N#Cc1cnc(NCc2ccccc2OC(F)(F)F)nc1NCC12CC3C[C@H](C1)[C@H](N1CCC1)[C@@H](C3)C2. The first-order chi connectivity index (χ1) is 17.8. The highest BCUT2D eigenvalue weighted by Gasteiger charge is 2.56. The molecule has 5 aliphatic rings. The van der Waals surface area contributed by atoms with E-state index >= 15 is 0 Å². The van der Waals surface area contributed by atoms with Crippen LogP contribution in [0.2, 0.25) is 0 Å². The predicted molar refractivity (Wildman–Crippen MR) is 132 cm³/mol. The van der Waals surface area contributed by atoms with Gasteiger partial charge in [-0.3, -0.25) is 4.90 Å². The second-order valence-corrected chi connectivity index (χ2v) is 11.3. The van der Waals surface area contributed by atoms with Gasteiger partial charge in [0.25, 0.3) is 0 Å². The third-order valence-electron chi connectivity index (χ3n) is 8.84. The van der Waals surface area contributed by atoms with Gasteiger partial charge in [0, 0.05) is 24.7 Å². The van der Waals surface area contributed by atoms with E-state index in [1.165, 1.54) is 69.9 Å². The first-order valence-electron chi connectivity index (χ1n) is 13.1. The normalized spacial score (nSPS) is 30.4. The Morgan fingerprint density at radius 2 is 1.86 bits per heavy atom. The Hall–Kier alpha value is -3.06. The first kappa shape index (κ1) is 24.3. The highest BCUT2D eigenvalue weighted by molar-refractivity contribution is 5.53. The summed E-state index contributed by atoms with van der Waals surface area (Å²) in [6.07, 6.45) is 4.39. The van der Waals surface area contributed by atoms with Gasteiger partial charge in [0.1, 0.15) is 23.2 Å². The van der Waals surface area contributed by atoms with Crippen molar-refractivity contribution in [1.82, 2.24) is 14.9 Å². The summed E-state index contributed by atoms with van der Waals surface area (Å²) in [6.45, 7) is 3.33. The molecule has 2 aromatic rings. The molecular weight excluding hydrogens is 481 g/mol. The molecule has 37 heavy (non-hydrogen) atoms. The van der Waals surface area contributed by atoms with Crippen LogP contribution in [0.1, 0.15) is 49.7 Å². The number of para-hydroxylation sites is 1. The van der Waals surface area contributed by atoms with E-state index in [-0.39, 0.29) is 23.7 Å². The van der Waals surface area contributed by atoms with E-state index in [1.807, 2.05) is 0 Å². The highest BCUT2D eigenvalue weighted by atomic mass is 19.4. The van der Waals surface area contributed by atoms with Crippen LogP contribution in [0.25, 0.3) is 0 Å². The average Bonchev–Trinajstić information content (AvgIpc) is 2.82. The lowest BCUT2D eigenvalue weighted by Crippen LogP contribution is -2.62. The molecule has 4 bridgehead atoms. The van der Waals surface area contributed by atoms with Gasteiger partial charge in [-0.15, -0.1) is 13.2 Å². The van der Waals surface area contributed by atoms with Gasteiger partial charge in [-0.05, 0) is 80.8 Å².